The number of carbonyl (C=O) groups excluding carboxylic acids is 1. The zero-order chi connectivity index (χ0) is 14.7. The molecule has 6 heteroatoms. The molecule has 2 N–H and O–H groups in total. The number of halogens is 1. The summed E-state index contributed by atoms with van der Waals surface area (Å²) in [5, 5.41) is 11.3. The molecule has 0 saturated heterocycles. The maximum absolute atomic E-state index is 13.6. The summed E-state index contributed by atoms with van der Waals surface area (Å²) in [4.78, 5) is 22.3. The summed E-state index contributed by atoms with van der Waals surface area (Å²) in [6.45, 7) is 2.32. The number of rotatable bonds is 6. The summed E-state index contributed by atoms with van der Waals surface area (Å²) in [5.74, 6) is -2.58. The summed E-state index contributed by atoms with van der Waals surface area (Å²) in [6, 6.07) is 4.47. The number of carboxylic acid groups (broad SMARTS) is 1. The number of ether oxygens (including phenoxy) is 1. The lowest BCUT2D eigenvalue weighted by Gasteiger charge is -2.08. The molecule has 0 unspecified atom stereocenters. The van der Waals surface area contributed by atoms with E-state index in [1.165, 1.54) is 12.1 Å². The second kappa shape index (κ2) is 5.90. The van der Waals surface area contributed by atoms with E-state index in [2.05, 4.69) is 5.32 Å². The van der Waals surface area contributed by atoms with Crippen molar-refractivity contribution in [1.29, 1.82) is 0 Å². The molecule has 0 spiro atoms. The Morgan fingerprint density at radius 2 is 2.20 bits per heavy atom. The van der Waals surface area contributed by atoms with Gasteiger partial charge in [0, 0.05) is 6.54 Å². The molecule has 2 atom stereocenters. The molecule has 1 aromatic carbocycles. The molecule has 0 heterocycles. The molecule has 0 aromatic heterocycles. The van der Waals surface area contributed by atoms with Crippen LogP contribution in [0.4, 0.5) is 4.39 Å². The van der Waals surface area contributed by atoms with Gasteiger partial charge in [0.05, 0.1) is 18.4 Å². The van der Waals surface area contributed by atoms with E-state index in [0.29, 0.717) is 18.6 Å². The maximum atomic E-state index is 13.6. The first-order valence-corrected chi connectivity index (χ1v) is 6.44. The molecule has 0 aliphatic heterocycles. The largest absolute Gasteiger partial charge is 0.491 e. The Morgan fingerprint density at radius 3 is 2.75 bits per heavy atom. The monoisotopic (exact) mass is 281 g/mol. The van der Waals surface area contributed by atoms with Gasteiger partial charge in [-0.25, -0.2) is 4.39 Å². The van der Waals surface area contributed by atoms with E-state index in [1.54, 1.807) is 13.0 Å². The highest BCUT2D eigenvalue weighted by Gasteiger charge is 2.48. The van der Waals surface area contributed by atoms with Crippen LogP contribution in [0.5, 0.6) is 5.75 Å². The van der Waals surface area contributed by atoms with E-state index in [4.69, 9.17) is 9.84 Å². The van der Waals surface area contributed by atoms with Gasteiger partial charge >= 0.3 is 5.97 Å². The van der Waals surface area contributed by atoms with E-state index in [9.17, 15) is 14.0 Å². The van der Waals surface area contributed by atoms with E-state index < -0.39 is 23.6 Å². The van der Waals surface area contributed by atoms with E-state index in [-0.39, 0.29) is 18.2 Å². The molecule has 108 valence electrons. The molecule has 0 bridgehead atoms. The minimum absolute atomic E-state index is 0.172. The van der Waals surface area contributed by atoms with Crippen molar-refractivity contribution >= 4 is 11.9 Å². The zero-order valence-corrected chi connectivity index (χ0v) is 11.1. The Kier molecular flexibility index (Phi) is 4.22. The predicted octanol–water partition coefficient (Wildman–Crippen LogP) is 1.56. The number of nitrogens with one attached hydrogen (secondary N) is 1. The number of carbonyl (C=O) groups is 2. The third-order valence-corrected chi connectivity index (χ3v) is 3.21. The summed E-state index contributed by atoms with van der Waals surface area (Å²) in [5.41, 5.74) is 0.604. The molecule has 2 rings (SSSR count). The van der Waals surface area contributed by atoms with Gasteiger partial charge in [-0.2, -0.15) is 0 Å². The first-order chi connectivity index (χ1) is 9.52. The van der Waals surface area contributed by atoms with Crippen LogP contribution in [-0.4, -0.2) is 23.6 Å². The second-order valence-corrected chi connectivity index (χ2v) is 4.70. The fraction of sp³-hybridized carbons (Fsp3) is 0.429. The van der Waals surface area contributed by atoms with Crippen molar-refractivity contribution in [2.24, 2.45) is 11.8 Å². The lowest BCUT2D eigenvalue weighted by atomic mass is 10.2. The van der Waals surface area contributed by atoms with Crippen molar-refractivity contribution in [1.82, 2.24) is 5.32 Å². The molecule has 5 nitrogen and oxygen atoms in total. The Bertz CT molecular complexity index is 532. The summed E-state index contributed by atoms with van der Waals surface area (Å²) in [6.07, 6.45) is 0.374. The number of hydrogen-bond donors (Lipinski definition) is 2. The lowest BCUT2D eigenvalue weighted by molar-refractivity contribution is -0.140. The Morgan fingerprint density at radius 1 is 1.45 bits per heavy atom. The first kappa shape index (κ1) is 14.3. The minimum Gasteiger partial charge on any atom is -0.491 e. The molecule has 1 aliphatic carbocycles. The second-order valence-electron chi connectivity index (χ2n) is 4.70. The molecule has 1 amide bonds. The number of hydrogen-bond acceptors (Lipinski definition) is 3. The van der Waals surface area contributed by atoms with E-state index in [0.717, 1.165) is 0 Å². The summed E-state index contributed by atoms with van der Waals surface area (Å²) >= 11 is 0. The molecule has 1 saturated carbocycles. The van der Waals surface area contributed by atoms with Gasteiger partial charge < -0.3 is 15.2 Å². The number of carboxylic acids is 1. The fourth-order valence-corrected chi connectivity index (χ4v) is 2.00. The van der Waals surface area contributed by atoms with Crippen molar-refractivity contribution in [3.05, 3.63) is 29.6 Å². The van der Waals surface area contributed by atoms with Crippen LogP contribution in [0.2, 0.25) is 0 Å². The molecule has 1 aliphatic rings. The standard InChI is InChI=1S/C14H16FNO4/c1-2-20-12-4-3-8(5-11(12)15)7-16-13(17)9-6-10(9)14(18)19/h3-5,9-10H,2,6-7H2,1H3,(H,16,17)(H,18,19)/t9-,10+/m1/s1. The van der Waals surface area contributed by atoms with Crippen molar-refractivity contribution in [2.75, 3.05) is 6.61 Å². The first-order valence-electron chi connectivity index (χ1n) is 6.44. The highest BCUT2D eigenvalue weighted by molar-refractivity contribution is 5.89. The van der Waals surface area contributed by atoms with Gasteiger partial charge in [-0.15, -0.1) is 0 Å². The van der Waals surface area contributed by atoms with Crippen LogP contribution in [0, 0.1) is 17.7 Å². The van der Waals surface area contributed by atoms with Crippen LogP contribution < -0.4 is 10.1 Å². The highest BCUT2D eigenvalue weighted by atomic mass is 19.1. The van der Waals surface area contributed by atoms with E-state index in [1.807, 2.05) is 0 Å². The van der Waals surface area contributed by atoms with Gasteiger partial charge in [0.15, 0.2) is 11.6 Å². The zero-order valence-electron chi connectivity index (χ0n) is 11.1. The highest BCUT2D eigenvalue weighted by Crippen LogP contribution is 2.38. The van der Waals surface area contributed by atoms with Crippen LogP contribution >= 0.6 is 0 Å². The van der Waals surface area contributed by atoms with Gasteiger partial charge in [0.1, 0.15) is 0 Å². The lowest BCUT2D eigenvalue weighted by Crippen LogP contribution is -2.25. The van der Waals surface area contributed by atoms with Crippen LogP contribution in [0.15, 0.2) is 18.2 Å². The van der Waals surface area contributed by atoms with Crippen molar-refractivity contribution in [3.63, 3.8) is 0 Å². The van der Waals surface area contributed by atoms with Crippen molar-refractivity contribution in [2.45, 2.75) is 19.9 Å². The minimum atomic E-state index is -0.947. The van der Waals surface area contributed by atoms with Gasteiger partial charge in [-0.05, 0) is 31.0 Å². The molecule has 0 radical (unpaired) electrons. The van der Waals surface area contributed by atoms with Crippen LogP contribution in [0.25, 0.3) is 0 Å². The number of benzene rings is 1. The SMILES string of the molecule is CCOc1ccc(CNC(=O)[C@@H]2C[C@@H]2C(=O)O)cc1F. The van der Waals surface area contributed by atoms with Gasteiger partial charge in [0.25, 0.3) is 0 Å². The van der Waals surface area contributed by atoms with Crippen LogP contribution in [0.1, 0.15) is 18.9 Å². The summed E-state index contributed by atoms with van der Waals surface area (Å²) < 4.78 is 18.7. The maximum Gasteiger partial charge on any atom is 0.307 e. The average Bonchev–Trinajstić information content (AvgIpc) is 3.19. The Hall–Kier alpha value is -2.11. The van der Waals surface area contributed by atoms with Crippen molar-refractivity contribution in [3.8, 4) is 5.75 Å². The number of amides is 1. The van der Waals surface area contributed by atoms with E-state index >= 15 is 0 Å². The third-order valence-electron chi connectivity index (χ3n) is 3.21. The quantitative estimate of drug-likeness (QED) is 0.829. The van der Waals surface area contributed by atoms with Crippen LogP contribution in [0.3, 0.4) is 0 Å². The summed E-state index contributed by atoms with van der Waals surface area (Å²) in [7, 11) is 0. The average molecular weight is 281 g/mol. The topological polar surface area (TPSA) is 75.6 Å². The molecule has 1 aromatic rings. The fourth-order valence-electron chi connectivity index (χ4n) is 2.00. The normalized spacial score (nSPS) is 20.3. The predicted molar refractivity (Wildman–Crippen MR) is 68.6 cm³/mol. The van der Waals surface area contributed by atoms with Crippen molar-refractivity contribution < 1.29 is 23.8 Å². The third kappa shape index (κ3) is 3.26. The van der Waals surface area contributed by atoms with Gasteiger partial charge in [-0.3, -0.25) is 9.59 Å². The Balaban J connectivity index is 1.87. The van der Waals surface area contributed by atoms with Gasteiger partial charge in [-0.1, -0.05) is 6.07 Å². The molecular weight excluding hydrogens is 265 g/mol. The molecule has 1 fully saturated rings. The number of aliphatic carboxylic acids is 1. The smallest absolute Gasteiger partial charge is 0.307 e. The van der Waals surface area contributed by atoms with Gasteiger partial charge in [0.2, 0.25) is 5.91 Å². The van der Waals surface area contributed by atoms with Crippen LogP contribution in [-0.2, 0) is 16.1 Å². The Labute approximate surface area is 115 Å². The molecular formula is C14H16FNO4. The molecule has 20 heavy (non-hydrogen) atoms.